The molecule has 0 aromatic heterocycles. The van der Waals surface area contributed by atoms with Gasteiger partial charge in [-0.2, -0.15) is 0 Å². The predicted octanol–water partition coefficient (Wildman–Crippen LogP) is 3.46. The molecule has 2 heterocycles. The van der Waals surface area contributed by atoms with E-state index in [0.717, 1.165) is 18.4 Å². The number of benzene rings is 1. The molecular formula is C19H23FN2O3. The number of methoxy groups -OCH3 is 2. The lowest BCUT2D eigenvalue weighted by atomic mass is 9.91. The minimum absolute atomic E-state index is 0.0949. The van der Waals surface area contributed by atoms with Crippen LogP contribution in [0.15, 0.2) is 48.1 Å². The van der Waals surface area contributed by atoms with Gasteiger partial charge in [0.1, 0.15) is 5.82 Å². The van der Waals surface area contributed by atoms with Gasteiger partial charge in [-0.05, 0) is 36.6 Å². The molecule has 2 amide bonds. The van der Waals surface area contributed by atoms with Crippen molar-refractivity contribution in [1.29, 1.82) is 0 Å². The Kier molecular flexibility index (Phi) is 5.26. The standard InChI is InChI=1S/C19H23FN2O3/c1-24-17-6-4-12-22(18(17)25-2)19(23)21-11-3-5-15(13-21)14-7-9-16(20)10-8-14/h4,6-10,15H,3,5,11-13H2,1-2H3/t15-/m0/s1. The minimum Gasteiger partial charge on any atom is -0.491 e. The zero-order valence-electron chi connectivity index (χ0n) is 14.6. The maximum absolute atomic E-state index is 13.1. The maximum Gasteiger partial charge on any atom is 0.327 e. The van der Waals surface area contributed by atoms with E-state index in [0.29, 0.717) is 31.3 Å². The first-order chi connectivity index (χ1) is 12.1. The van der Waals surface area contributed by atoms with Crippen LogP contribution in [0.25, 0.3) is 0 Å². The lowest BCUT2D eigenvalue weighted by Gasteiger charge is -2.37. The van der Waals surface area contributed by atoms with E-state index in [1.54, 1.807) is 30.2 Å². The van der Waals surface area contributed by atoms with Crippen molar-refractivity contribution in [1.82, 2.24) is 9.80 Å². The molecule has 0 unspecified atom stereocenters. The number of halogens is 1. The number of allylic oxidation sites excluding steroid dienone is 1. The zero-order valence-corrected chi connectivity index (χ0v) is 14.6. The van der Waals surface area contributed by atoms with Crippen molar-refractivity contribution in [3.05, 3.63) is 59.4 Å². The van der Waals surface area contributed by atoms with Gasteiger partial charge in [0, 0.05) is 25.6 Å². The van der Waals surface area contributed by atoms with Gasteiger partial charge in [0.15, 0.2) is 5.76 Å². The van der Waals surface area contributed by atoms with Crippen molar-refractivity contribution in [2.24, 2.45) is 0 Å². The summed E-state index contributed by atoms with van der Waals surface area (Å²) in [5.41, 5.74) is 1.07. The first-order valence-corrected chi connectivity index (χ1v) is 8.44. The Morgan fingerprint density at radius 1 is 1.20 bits per heavy atom. The first-order valence-electron chi connectivity index (χ1n) is 8.44. The number of piperidine rings is 1. The van der Waals surface area contributed by atoms with E-state index in [1.807, 2.05) is 11.0 Å². The Morgan fingerprint density at radius 2 is 1.96 bits per heavy atom. The summed E-state index contributed by atoms with van der Waals surface area (Å²) in [4.78, 5) is 16.4. The Balaban J connectivity index is 1.75. The molecule has 5 nitrogen and oxygen atoms in total. The molecule has 1 fully saturated rings. The van der Waals surface area contributed by atoms with Crippen LogP contribution in [-0.2, 0) is 9.47 Å². The van der Waals surface area contributed by atoms with Crippen molar-refractivity contribution in [3.63, 3.8) is 0 Å². The third kappa shape index (κ3) is 3.62. The second kappa shape index (κ2) is 7.59. The van der Waals surface area contributed by atoms with Crippen LogP contribution < -0.4 is 0 Å². The van der Waals surface area contributed by atoms with Crippen molar-refractivity contribution in [2.75, 3.05) is 33.9 Å². The molecule has 3 rings (SSSR count). The van der Waals surface area contributed by atoms with E-state index in [1.165, 1.54) is 19.2 Å². The number of hydrogen-bond acceptors (Lipinski definition) is 3. The van der Waals surface area contributed by atoms with Crippen LogP contribution in [0.5, 0.6) is 0 Å². The highest BCUT2D eigenvalue weighted by molar-refractivity contribution is 5.77. The molecule has 1 saturated heterocycles. The molecule has 1 aromatic rings. The normalized spacial score (nSPS) is 20.7. The lowest BCUT2D eigenvalue weighted by molar-refractivity contribution is 0.105. The molecule has 0 radical (unpaired) electrons. The summed E-state index contributed by atoms with van der Waals surface area (Å²) in [5, 5.41) is 0. The molecule has 1 atom stereocenters. The van der Waals surface area contributed by atoms with Crippen molar-refractivity contribution in [2.45, 2.75) is 18.8 Å². The summed E-state index contributed by atoms with van der Waals surface area (Å²) >= 11 is 0. The van der Waals surface area contributed by atoms with E-state index in [-0.39, 0.29) is 17.8 Å². The lowest BCUT2D eigenvalue weighted by Crippen LogP contribution is -2.47. The topological polar surface area (TPSA) is 42.0 Å². The summed E-state index contributed by atoms with van der Waals surface area (Å²) < 4.78 is 23.8. The quantitative estimate of drug-likeness (QED) is 0.842. The summed E-state index contributed by atoms with van der Waals surface area (Å²) in [7, 11) is 3.09. The number of amides is 2. The van der Waals surface area contributed by atoms with Gasteiger partial charge in [-0.15, -0.1) is 0 Å². The number of carbonyl (C=O) groups excluding carboxylic acids is 1. The van der Waals surface area contributed by atoms with Crippen LogP contribution in [-0.4, -0.2) is 49.7 Å². The fourth-order valence-electron chi connectivity index (χ4n) is 3.41. The van der Waals surface area contributed by atoms with Gasteiger partial charge in [0.2, 0.25) is 5.88 Å². The number of carbonyl (C=O) groups is 1. The zero-order chi connectivity index (χ0) is 17.8. The summed E-state index contributed by atoms with van der Waals surface area (Å²) in [5.74, 6) is 0.943. The van der Waals surface area contributed by atoms with Gasteiger partial charge in [0.25, 0.3) is 0 Å². The van der Waals surface area contributed by atoms with Gasteiger partial charge in [-0.25, -0.2) is 9.18 Å². The molecule has 0 saturated carbocycles. The number of hydrogen-bond donors (Lipinski definition) is 0. The molecule has 6 heteroatoms. The molecule has 25 heavy (non-hydrogen) atoms. The SMILES string of the molecule is COC1=C(OC)N(C(=O)N2CCC[C@H](c3ccc(F)cc3)C2)CC=C1. The maximum atomic E-state index is 13.1. The monoisotopic (exact) mass is 346 g/mol. The smallest absolute Gasteiger partial charge is 0.327 e. The molecule has 134 valence electrons. The molecule has 0 aliphatic carbocycles. The van der Waals surface area contributed by atoms with Crippen LogP contribution in [0.4, 0.5) is 9.18 Å². The Hall–Kier alpha value is -2.50. The number of rotatable bonds is 3. The number of nitrogens with zero attached hydrogens (tertiary/aromatic N) is 2. The average Bonchev–Trinajstić information content (AvgIpc) is 2.67. The van der Waals surface area contributed by atoms with Gasteiger partial charge in [0.05, 0.1) is 14.2 Å². The molecular weight excluding hydrogens is 323 g/mol. The predicted molar refractivity (Wildman–Crippen MR) is 92.2 cm³/mol. The third-order valence-electron chi connectivity index (χ3n) is 4.69. The van der Waals surface area contributed by atoms with Crippen LogP contribution in [0, 0.1) is 5.82 Å². The highest BCUT2D eigenvalue weighted by Gasteiger charge is 2.31. The third-order valence-corrected chi connectivity index (χ3v) is 4.69. The van der Waals surface area contributed by atoms with Gasteiger partial charge < -0.3 is 14.4 Å². The summed E-state index contributed by atoms with van der Waals surface area (Å²) in [6.07, 6.45) is 5.59. The van der Waals surface area contributed by atoms with Crippen LogP contribution in [0.2, 0.25) is 0 Å². The van der Waals surface area contributed by atoms with E-state index in [4.69, 9.17) is 9.47 Å². The minimum atomic E-state index is -0.241. The molecule has 0 bridgehead atoms. The van der Waals surface area contributed by atoms with Gasteiger partial charge in [-0.1, -0.05) is 18.2 Å². The molecule has 2 aliphatic heterocycles. The van der Waals surface area contributed by atoms with E-state index in [2.05, 4.69) is 0 Å². The number of ether oxygens (including phenoxy) is 2. The summed E-state index contributed by atoms with van der Waals surface area (Å²) in [6, 6.07) is 6.47. The molecule has 2 aliphatic rings. The highest BCUT2D eigenvalue weighted by Crippen LogP contribution is 2.29. The van der Waals surface area contributed by atoms with E-state index >= 15 is 0 Å². The highest BCUT2D eigenvalue weighted by atomic mass is 19.1. The second-order valence-electron chi connectivity index (χ2n) is 6.21. The fraction of sp³-hybridized carbons (Fsp3) is 0.421. The molecule has 0 spiro atoms. The van der Waals surface area contributed by atoms with E-state index in [9.17, 15) is 9.18 Å². The molecule has 0 N–H and O–H groups in total. The van der Waals surface area contributed by atoms with Crippen molar-refractivity contribution >= 4 is 6.03 Å². The van der Waals surface area contributed by atoms with E-state index < -0.39 is 0 Å². The largest absolute Gasteiger partial charge is 0.491 e. The van der Waals surface area contributed by atoms with Crippen molar-refractivity contribution in [3.8, 4) is 0 Å². The Labute approximate surface area is 147 Å². The van der Waals surface area contributed by atoms with Crippen molar-refractivity contribution < 1.29 is 18.7 Å². The van der Waals surface area contributed by atoms with Crippen LogP contribution in [0.1, 0.15) is 24.3 Å². The number of likely N-dealkylation sites (tertiary alicyclic amines) is 1. The van der Waals surface area contributed by atoms with Gasteiger partial charge in [-0.3, -0.25) is 4.90 Å². The number of urea groups is 1. The van der Waals surface area contributed by atoms with Crippen LogP contribution >= 0.6 is 0 Å². The second-order valence-corrected chi connectivity index (χ2v) is 6.21. The Morgan fingerprint density at radius 3 is 2.64 bits per heavy atom. The van der Waals surface area contributed by atoms with Crippen LogP contribution in [0.3, 0.4) is 0 Å². The average molecular weight is 346 g/mol. The fourth-order valence-corrected chi connectivity index (χ4v) is 3.41. The molecule has 1 aromatic carbocycles. The first kappa shape index (κ1) is 17.3. The van der Waals surface area contributed by atoms with Gasteiger partial charge >= 0.3 is 6.03 Å². The summed E-state index contributed by atoms with van der Waals surface area (Å²) in [6.45, 7) is 1.77. The Bertz CT molecular complexity index is 684.